The smallest absolute Gasteiger partial charge is 0.313 e. The third-order valence-electron chi connectivity index (χ3n) is 4.71. The molecule has 0 aliphatic heterocycles. The van der Waals surface area contributed by atoms with Crippen LogP contribution in [0.4, 0.5) is 0 Å². The zero-order valence-corrected chi connectivity index (χ0v) is 18.4. The minimum atomic E-state index is -0.480. The highest BCUT2D eigenvalue weighted by Crippen LogP contribution is 2.37. The Morgan fingerprint density at radius 1 is 1.00 bits per heavy atom. The molecule has 0 aliphatic carbocycles. The molecule has 2 aromatic carbocycles. The van der Waals surface area contributed by atoms with Crippen LogP contribution in [0.3, 0.4) is 0 Å². The third kappa shape index (κ3) is 5.16. The summed E-state index contributed by atoms with van der Waals surface area (Å²) in [5.41, 5.74) is 3.77. The van der Waals surface area contributed by atoms with Gasteiger partial charge in [0.15, 0.2) is 10.9 Å². The molecule has 3 aromatic rings. The predicted octanol–water partition coefficient (Wildman–Crippen LogP) is 4.25. The Morgan fingerprint density at radius 3 is 2.20 bits per heavy atom. The normalized spacial score (nSPS) is 11.9. The van der Waals surface area contributed by atoms with Gasteiger partial charge in [-0.3, -0.25) is 9.59 Å². The van der Waals surface area contributed by atoms with E-state index in [0.29, 0.717) is 23.2 Å². The van der Waals surface area contributed by atoms with E-state index in [0.717, 1.165) is 16.7 Å². The van der Waals surface area contributed by atoms with Crippen molar-refractivity contribution in [2.45, 2.75) is 37.6 Å². The summed E-state index contributed by atoms with van der Waals surface area (Å²) in [5.74, 6) is 0.149. The number of thioether (sulfide) groups is 1. The number of ether oxygens (including phenoxy) is 1. The number of Topliss-reactive ketones (excluding diaryl/α,β-unsaturated/α-hetero) is 1. The first kappa shape index (κ1) is 21.8. The number of aromatic nitrogens is 3. The van der Waals surface area contributed by atoms with Crippen LogP contribution in [-0.2, 0) is 23.0 Å². The maximum atomic E-state index is 13.4. The topological polar surface area (TPSA) is 74.1 Å². The lowest BCUT2D eigenvalue weighted by Gasteiger charge is -2.16. The van der Waals surface area contributed by atoms with Crippen molar-refractivity contribution in [2.75, 3.05) is 6.61 Å². The van der Waals surface area contributed by atoms with E-state index in [2.05, 4.69) is 10.2 Å². The summed E-state index contributed by atoms with van der Waals surface area (Å²) >= 11 is 1.33. The second-order valence-corrected chi connectivity index (χ2v) is 8.15. The molecular weight excluding hydrogens is 398 g/mol. The number of carbonyl (C=O) groups is 2. The Morgan fingerprint density at radius 2 is 1.60 bits per heavy atom. The molecule has 156 valence electrons. The van der Waals surface area contributed by atoms with E-state index in [1.165, 1.54) is 11.8 Å². The first-order valence-corrected chi connectivity index (χ1v) is 10.6. The zero-order valence-electron chi connectivity index (χ0n) is 17.6. The Kier molecular flexibility index (Phi) is 7.05. The maximum Gasteiger partial charge on any atom is 0.313 e. The molecule has 0 spiro atoms. The lowest BCUT2D eigenvalue weighted by atomic mass is 10.0. The monoisotopic (exact) mass is 423 g/mol. The van der Waals surface area contributed by atoms with Gasteiger partial charge >= 0.3 is 5.97 Å². The Bertz CT molecular complexity index is 1030. The molecule has 1 aromatic heterocycles. The predicted molar refractivity (Wildman–Crippen MR) is 117 cm³/mol. The van der Waals surface area contributed by atoms with Crippen LogP contribution in [0.25, 0.3) is 0 Å². The Hall–Kier alpha value is -2.93. The van der Waals surface area contributed by atoms with E-state index in [4.69, 9.17) is 4.74 Å². The number of esters is 1. The van der Waals surface area contributed by atoms with Gasteiger partial charge in [-0.25, -0.2) is 0 Å². The highest BCUT2D eigenvalue weighted by molar-refractivity contribution is 8.00. The van der Waals surface area contributed by atoms with Crippen molar-refractivity contribution in [3.8, 4) is 0 Å². The number of ketones is 1. The van der Waals surface area contributed by atoms with Crippen LogP contribution in [0.15, 0.2) is 53.7 Å². The number of hydrogen-bond donors (Lipinski definition) is 0. The standard InChI is InChI=1S/C23H25N3O3S/c1-5-29-20(27)14-19-24-25-23(26(19)4)30-22(18-12-8-16(3)9-13-18)21(28)17-10-6-15(2)7-11-17/h6-13,22H,5,14H2,1-4H3/t22-/m1/s1. The molecule has 6 nitrogen and oxygen atoms in total. The quantitative estimate of drug-likeness (QED) is 0.306. The van der Waals surface area contributed by atoms with Crippen molar-refractivity contribution in [3.63, 3.8) is 0 Å². The first-order chi connectivity index (χ1) is 14.4. The van der Waals surface area contributed by atoms with Crippen molar-refractivity contribution >= 4 is 23.5 Å². The number of nitrogens with zero attached hydrogens (tertiary/aromatic N) is 3. The van der Waals surface area contributed by atoms with Crippen molar-refractivity contribution in [1.29, 1.82) is 0 Å². The summed E-state index contributed by atoms with van der Waals surface area (Å²) in [6.07, 6.45) is 0.0407. The van der Waals surface area contributed by atoms with Crippen LogP contribution >= 0.6 is 11.8 Å². The van der Waals surface area contributed by atoms with Crippen molar-refractivity contribution in [3.05, 3.63) is 76.6 Å². The number of benzene rings is 2. The second-order valence-electron chi connectivity index (χ2n) is 7.08. The molecule has 0 N–H and O–H groups in total. The van der Waals surface area contributed by atoms with E-state index in [1.54, 1.807) is 18.5 Å². The summed E-state index contributed by atoms with van der Waals surface area (Å²) in [6.45, 7) is 6.08. The summed E-state index contributed by atoms with van der Waals surface area (Å²) in [6, 6.07) is 15.5. The Labute approximate surface area is 180 Å². The molecule has 0 radical (unpaired) electrons. The number of hydrogen-bond acceptors (Lipinski definition) is 6. The van der Waals surface area contributed by atoms with Gasteiger partial charge in [0.1, 0.15) is 17.5 Å². The molecule has 0 amide bonds. The van der Waals surface area contributed by atoms with Crippen LogP contribution < -0.4 is 0 Å². The van der Waals surface area contributed by atoms with E-state index in [9.17, 15) is 9.59 Å². The van der Waals surface area contributed by atoms with Crippen LogP contribution in [0.5, 0.6) is 0 Å². The zero-order chi connectivity index (χ0) is 21.7. The molecule has 0 saturated carbocycles. The molecule has 7 heteroatoms. The molecule has 0 saturated heterocycles. The van der Waals surface area contributed by atoms with Crippen LogP contribution in [0, 0.1) is 13.8 Å². The van der Waals surface area contributed by atoms with Gasteiger partial charge in [-0.1, -0.05) is 71.4 Å². The molecule has 0 bridgehead atoms. The van der Waals surface area contributed by atoms with Crippen LogP contribution in [0.2, 0.25) is 0 Å². The summed E-state index contributed by atoms with van der Waals surface area (Å²) in [5, 5.41) is 8.43. The fraction of sp³-hybridized carbons (Fsp3) is 0.304. The van der Waals surface area contributed by atoms with Gasteiger partial charge in [0.05, 0.1) is 6.61 Å². The molecule has 0 fully saturated rings. The van der Waals surface area contributed by atoms with Crippen LogP contribution in [0.1, 0.15) is 45.0 Å². The van der Waals surface area contributed by atoms with E-state index < -0.39 is 5.25 Å². The van der Waals surface area contributed by atoms with E-state index in [1.807, 2.05) is 62.4 Å². The van der Waals surface area contributed by atoms with Gasteiger partial charge in [0, 0.05) is 12.6 Å². The van der Waals surface area contributed by atoms with Gasteiger partial charge in [-0.05, 0) is 26.3 Å². The number of aryl methyl sites for hydroxylation is 2. The number of carbonyl (C=O) groups excluding carboxylic acids is 2. The van der Waals surface area contributed by atoms with Crippen molar-refractivity contribution < 1.29 is 14.3 Å². The van der Waals surface area contributed by atoms with Gasteiger partial charge in [-0.2, -0.15) is 0 Å². The first-order valence-electron chi connectivity index (χ1n) is 9.77. The van der Waals surface area contributed by atoms with Crippen molar-refractivity contribution in [1.82, 2.24) is 14.8 Å². The molecule has 1 heterocycles. The van der Waals surface area contributed by atoms with Crippen LogP contribution in [-0.4, -0.2) is 33.1 Å². The molecular formula is C23H25N3O3S. The molecule has 0 aliphatic rings. The van der Waals surface area contributed by atoms with E-state index in [-0.39, 0.29) is 18.2 Å². The van der Waals surface area contributed by atoms with Gasteiger partial charge in [0.25, 0.3) is 0 Å². The highest BCUT2D eigenvalue weighted by Gasteiger charge is 2.26. The fourth-order valence-electron chi connectivity index (χ4n) is 2.93. The van der Waals surface area contributed by atoms with Gasteiger partial charge < -0.3 is 9.30 Å². The largest absolute Gasteiger partial charge is 0.466 e. The lowest BCUT2D eigenvalue weighted by Crippen LogP contribution is -2.13. The average Bonchev–Trinajstić information content (AvgIpc) is 3.06. The lowest BCUT2D eigenvalue weighted by molar-refractivity contribution is -0.142. The fourth-order valence-corrected chi connectivity index (χ4v) is 4.03. The second kappa shape index (κ2) is 9.71. The molecule has 3 rings (SSSR count). The highest BCUT2D eigenvalue weighted by atomic mass is 32.2. The van der Waals surface area contributed by atoms with Crippen molar-refractivity contribution in [2.24, 2.45) is 7.05 Å². The minimum Gasteiger partial charge on any atom is -0.466 e. The van der Waals surface area contributed by atoms with Gasteiger partial charge in [-0.15, -0.1) is 10.2 Å². The summed E-state index contributed by atoms with van der Waals surface area (Å²) in [7, 11) is 1.79. The molecule has 30 heavy (non-hydrogen) atoms. The number of rotatable bonds is 8. The Balaban J connectivity index is 1.90. The van der Waals surface area contributed by atoms with E-state index >= 15 is 0 Å². The molecule has 0 unspecified atom stereocenters. The summed E-state index contributed by atoms with van der Waals surface area (Å²) in [4.78, 5) is 25.2. The third-order valence-corrected chi connectivity index (χ3v) is 6.00. The minimum absolute atomic E-state index is 0.00112. The SMILES string of the molecule is CCOC(=O)Cc1nnc(S[C@@H](C(=O)c2ccc(C)cc2)c2ccc(C)cc2)n1C. The van der Waals surface area contributed by atoms with Gasteiger partial charge in [0.2, 0.25) is 0 Å². The average molecular weight is 424 g/mol. The molecule has 1 atom stereocenters. The maximum absolute atomic E-state index is 13.4. The summed E-state index contributed by atoms with van der Waals surface area (Å²) < 4.78 is 6.74.